The van der Waals surface area contributed by atoms with E-state index in [0.717, 1.165) is 24.8 Å². The Morgan fingerprint density at radius 3 is 2.64 bits per heavy atom. The monoisotopic (exact) mass is 361 g/mol. The Labute approximate surface area is 156 Å². The zero-order chi connectivity index (χ0) is 17.9. The molecule has 25 heavy (non-hydrogen) atoms. The average Bonchev–Trinajstić information content (AvgIpc) is 2.79. The van der Waals surface area contributed by atoms with Gasteiger partial charge in [-0.2, -0.15) is 0 Å². The molecule has 0 aromatic heterocycles. The van der Waals surface area contributed by atoms with Gasteiger partial charge in [0.2, 0.25) is 0 Å². The highest BCUT2D eigenvalue weighted by molar-refractivity contribution is 6.30. The van der Waals surface area contributed by atoms with Gasteiger partial charge in [-0.3, -0.25) is 9.79 Å². The third-order valence-electron chi connectivity index (χ3n) is 4.47. The molecule has 1 aliphatic heterocycles. The maximum atomic E-state index is 12.0. The maximum absolute atomic E-state index is 12.0. The minimum atomic E-state index is -0.178. The number of allylic oxidation sites excluding steroid dienone is 2. The molecule has 3 nitrogen and oxygen atoms in total. The van der Waals surface area contributed by atoms with Gasteiger partial charge in [0.05, 0.1) is 6.42 Å². The molecule has 0 N–H and O–H groups in total. The SMILES string of the molecule is CC=CCCCCCCCC1=NCC(c2ccc(Cl)cc2)CC(=O)O1. The summed E-state index contributed by atoms with van der Waals surface area (Å²) in [6, 6.07) is 7.64. The lowest BCUT2D eigenvalue weighted by molar-refractivity contribution is -0.135. The van der Waals surface area contributed by atoms with Crippen molar-refractivity contribution in [3.05, 3.63) is 47.0 Å². The van der Waals surface area contributed by atoms with Crippen LogP contribution in [0, 0.1) is 0 Å². The van der Waals surface area contributed by atoms with Gasteiger partial charge in [0.25, 0.3) is 0 Å². The smallest absolute Gasteiger partial charge is 0.312 e. The van der Waals surface area contributed by atoms with Gasteiger partial charge >= 0.3 is 5.97 Å². The molecule has 1 unspecified atom stereocenters. The van der Waals surface area contributed by atoms with Crippen LogP contribution in [0.3, 0.4) is 0 Å². The van der Waals surface area contributed by atoms with Crippen LogP contribution in [0.4, 0.5) is 0 Å². The number of unbranched alkanes of at least 4 members (excludes halogenated alkanes) is 5. The highest BCUT2D eigenvalue weighted by Gasteiger charge is 2.22. The second kappa shape index (κ2) is 11.1. The molecule has 136 valence electrons. The number of nitrogens with zero attached hydrogens (tertiary/aromatic N) is 1. The molecule has 1 atom stereocenters. The predicted octanol–water partition coefficient (Wildman–Crippen LogP) is 6.08. The van der Waals surface area contributed by atoms with Crippen molar-refractivity contribution in [2.24, 2.45) is 4.99 Å². The van der Waals surface area contributed by atoms with E-state index in [1.807, 2.05) is 24.3 Å². The van der Waals surface area contributed by atoms with Gasteiger partial charge in [-0.15, -0.1) is 0 Å². The van der Waals surface area contributed by atoms with Crippen molar-refractivity contribution >= 4 is 23.5 Å². The number of aliphatic imine (C=N–C) groups is 1. The van der Waals surface area contributed by atoms with Gasteiger partial charge in [-0.1, -0.05) is 55.1 Å². The molecule has 0 bridgehead atoms. The van der Waals surface area contributed by atoms with Crippen molar-refractivity contribution in [2.75, 3.05) is 6.54 Å². The molecule has 0 aliphatic carbocycles. The van der Waals surface area contributed by atoms with Crippen LogP contribution in [0.1, 0.15) is 69.8 Å². The third-order valence-corrected chi connectivity index (χ3v) is 4.72. The minimum Gasteiger partial charge on any atom is -0.412 e. The summed E-state index contributed by atoms with van der Waals surface area (Å²) < 4.78 is 5.42. The molecule has 1 aromatic carbocycles. The molecule has 0 spiro atoms. The summed E-state index contributed by atoms with van der Waals surface area (Å²) in [6.07, 6.45) is 12.6. The lowest BCUT2D eigenvalue weighted by atomic mass is 9.96. The Morgan fingerprint density at radius 2 is 1.88 bits per heavy atom. The molecule has 1 aliphatic rings. The van der Waals surface area contributed by atoms with E-state index in [1.165, 1.54) is 25.7 Å². The fourth-order valence-electron chi connectivity index (χ4n) is 3.01. The van der Waals surface area contributed by atoms with E-state index in [0.29, 0.717) is 23.9 Å². The Bertz CT molecular complexity index is 592. The summed E-state index contributed by atoms with van der Waals surface area (Å²) in [5, 5.41) is 0.704. The number of ether oxygens (including phenoxy) is 1. The molecule has 0 amide bonds. The standard InChI is InChI=1S/C21H28ClNO2/c1-2-3-4-5-6-7-8-9-10-20-23-16-18(15-21(24)25-20)17-11-13-19(22)14-12-17/h2-3,11-14,18H,4-10,15-16H2,1H3. The number of benzene rings is 1. The summed E-state index contributed by atoms with van der Waals surface area (Å²) in [6.45, 7) is 2.66. The van der Waals surface area contributed by atoms with E-state index in [4.69, 9.17) is 16.3 Å². The minimum absolute atomic E-state index is 0.0777. The van der Waals surface area contributed by atoms with E-state index in [-0.39, 0.29) is 11.9 Å². The van der Waals surface area contributed by atoms with Crippen LogP contribution in [0.25, 0.3) is 0 Å². The van der Waals surface area contributed by atoms with E-state index in [2.05, 4.69) is 24.1 Å². The van der Waals surface area contributed by atoms with Crippen LogP contribution in [-0.2, 0) is 9.53 Å². The largest absolute Gasteiger partial charge is 0.412 e. The second-order valence-electron chi connectivity index (χ2n) is 6.54. The highest BCUT2D eigenvalue weighted by Crippen LogP contribution is 2.25. The lowest BCUT2D eigenvalue weighted by Crippen LogP contribution is -2.11. The van der Waals surface area contributed by atoms with Crippen molar-refractivity contribution in [1.29, 1.82) is 0 Å². The van der Waals surface area contributed by atoms with Crippen molar-refractivity contribution in [3.8, 4) is 0 Å². The quantitative estimate of drug-likeness (QED) is 0.304. The van der Waals surface area contributed by atoms with E-state index < -0.39 is 0 Å². The zero-order valence-corrected chi connectivity index (χ0v) is 15.8. The average molecular weight is 362 g/mol. The summed E-state index contributed by atoms with van der Waals surface area (Å²) >= 11 is 5.93. The zero-order valence-electron chi connectivity index (χ0n) is 15.0. The van der Waals surface area contributed by atoms with Crippen LogP contribution < -0.4 is 0 Å². The number of hydrogen-bond acceptors (Lipinski definition) is 3. The molecule has 0 saturated heterocycles. The number of rotatable bonds is 9. The van der Waals surface area contributed by atoms with Gasteiger partial charge in [0.1, 0.15) is 0 Å². The van der Waals surface area contributed by atoms with Crippen LogP contribution in [0.2, 0.25) is 5.02 Å². The topological polar surface area (TPSA) is 38.7 Å². The van der Waals surface area contributed by atoms with Crippen LogP contribution >= 0.6 is 11.6 Å². The van der Waals surface area contributed by atoms with Gasteiger partial charge in [-0.05, 0) is 43.9 Å². The fourth-order valence-corrected chi connectivity index (χ4v) is 3.13. The summed E-state index contributed by atoms with van der Waals surface area (Å²) in [5.74, 6) is 0.506. The molecular weight excluding hydrogens is 334 g/mol. The van der Waals surface area contributed by atoms with E-state index in [9.17, 15) is 4.79 Å². The number of carbonyl (C=O) groups is 1. The van der Waals surface area contributed by atoms with Crippen LogP contribution in [-0.4, -0.2) is 18.4 Å². The first kappa shape index (κ1) is 19.7. The predicted molar refractivity (Wildman–Crippen MR) is 104 cm³/mol. The lowest BCUT2D eigenvalue weighted by Gasteiger charge is -2.11. The number of halogens is 1. The van der Waals surface area contributed by atoms with Crippen molar-refractivity contribution in [3.63, 3.8) is 0 Å². The maximum Gasteiger partial charge on any atom is 0.312 e. The Morgan fingerprint density at radius 1 is 1.16 bits per heavy atom. The van der Waals surface area contributed by atoms with Gasteiger partial charge < -0.3 is 4.74 Å². The molecule has 2 rings (SSSR count). The molecule has 0 saturated carbocycles. The van der Waals surface area contributed by atoms with Gasteiger partial charge in [0.15, 0.2) is 5.90 Å². The number of cyclic esters (lactones) is 1. The number of esters is 1. The third kappa shape index (κ3) is 7.43. The van der Waals surface area contributed by atoms with Gasteiger partial charge in [-0.25, -0.2) is 0 Å². The molecule has 1 heterocycles. The first-order valence-corrected chi connectivity index (χ1v) is 9.67. The van der Waals surface area contributed by atoms with Gasteiger partial charge in [0, 0.05) is 23.9 Å². The number of carbonyl (C=O) groups excluding carboxylic acids is 1. The summed E-state index contributed by atoms with van der Waals surface area (Å²) in [4.78, 5) is 16.6. The second-order valence-corrected chi connectivity index (χ2v) is 6.97. The van der Waals surface area contributed by atoms with E-state index in [1.54, 1.807) is 0 Å². The van der Waals surface area contributed by atoms with Crippen molar-refractivity contribution in [2.45, 2.75) is 64.2 Å². The van der Waals surface area contributed by atoms with Crippen molar-refractivity contribution < 1.29 is 9.53 Å². The molecule has 4 heteroatoms. The summed E-state index contributed by atoms with van der Waals surface area (Å²) in [7, 11) is 0. The van der Waals surface area contributed by atoms with Crippen LogP contribution in [0.15, 0.2) is 41.4 Å². The molecular formula is C21H28ClNO2. The van der Waals surface area contributed by atoms with Crippen LogP contribution in [0.5, 0.6) is 0 Å². The van der Waals surface area contributed by atoms with Crippen molar-refractivity contribution in [1.82, 2.24) is 0 Å². The fraction of sp³-hybridized carbons (Fsp3) is 0.524. The Hall–Kier alpha value is -1.61. The highest BCUT2D eigenvalue weighted by atomic mass is 35.5. The summed E-state index contributed by atoms with van der Waals surface area (Å²) in [5.41, 5.74) is 1.09. The number of hydrogen-bond donors (Lipinski definition) is 0. The molecule has 1 aromatic rings. The molecule has 0 radical (unpaired) electrons. The Kier molecular flexibility index (Phi) is 8.75. The first-order valence-electron chi connectivity index (χ1n) is 9.29. The van der Waals surface area contributed by atoms with E-state index >= 15 is 0 Å². The molecule has 0 fully saturated rings. The first-order chi connectivity index (χ1) is 12.2. The Balaban J connectivity index is 1.74. The normalized spacial score (nSPS) is 18.1.